The van der Waals surface area contributed by atoms with Crippen LogP contribution in [0.25, 0.3) is 0 Å². The van der Waals surface area contributed by atoms with Gasteiger partial charge in [-0.1, -0.05) is 6.07 Å². The molecule has 1 aromatic carbocycles. The van der Waals surface area contributed by atoms with Crippen LogP contribution in [0.15, 0.2) is 18.2 Å². The number of carbonyl (C=O) groups is 1. The van der Waals surface area contributed by atoms with Gasteiger partial charge in [0, 0.05) is 12.6 Å². The van der Waals surface area contributed by atoms with Gasteiger partial charge in [0.15, 0.2) is 0 Å². The van der Waals surface area contributed by atoms with E-state index in [0.29, 0.717) is 17.9 Å². The Kier molecular flexibility index (Phi) is 5.63. The fraction of sp³-hybridized carbons (Fsp3) is 0.500. The predicted molar refractivity (Wildman–Crippen MR) is 78.4 cm³/mol. The van der Waals surface area contributed by atoms with Gasteiger partial charge >= 0.3 is 5.97 Å². The number of nitrogen functional groups attached to an aromatic ring is 1. The standard InChI is InChI=1S/C14H23N3O2/c1-5-19-14(18)11-7-6-8-12(13(11)15)16-10(2)9-17(3)4/h6-8,10,16H,5,9,15H2,1-4H3. The van der Waals surface area contributed by atoms with Gasteiger partial charge in [-0.25, -0.2) is 4.79 Å². The molecule has 0 heterocycles. The SMILES string of the molecule is CCOC(=O)c1cccc(NC(C)CN(C)C)c1N. The van der Waals surface area contributed by atoms with Crippen molar-refractivity contribution < 1.29 is 9.53 Å². The van der Waals surface area contributed by atoms with E-state index in [0.717, 1.165) is 12.2 Å². The van der Waals surface area contributed by atoms with Crippen LogP contribution < -0.4 is 11.1 Å². The first-order chi connectivity index (χ1) is 8.95. The zero-order valence-corrected chi connectivity index (χ0v) is 12.1. The lowest BCUT2D eigenvalue weighted by atomic mass is 10.1. The highest BCUT2D eigenvalue weighted by atomic mass is 16.5. The normalized spacial score (nSPS) is 12.3. The summed E-state index contributed by atoms with van der Waals surface area (Å²) in [4.78, 5) is 13.8. The minimum absolute atomic E-state index is 0.231. The zero-order valence-electron chi connectivity index (χ0n) is 12.1. The number of nitrogens with one attached hydrogen (secondary N) is 1. The van der Waals surface area contributed by atoms with E-state index < -0.39 is 0 Å². The summed E-state index contributed by atoms with van der Waals surface area (Å²) in [5.74, 6) is -0.385. The quantitative estimate of drug-likeness (QED) is 0.606. The van der Waals surface area contributed by atoms with Gasteiger partial charge in [-0.3, -0.25) is 0 Å². The summed E-state index contributed by atoms with van der Waals surface area (Å²) in [5, 5.41) is 3.30. The Morgan fingerprint density at radius 2 is 2.16 bits per heavy atom. The number of nitrogens with zero attached hydrogens (tertiary/aromatic N) is 1. The van der Waals surface area contributed by atoms with Crippen LogP contribution in [0.1, 0.15) is 24.2 Å². The number of likely N-dealkylation sites (N-methyl/N-ethyl adjacent to an activating group) is 1. The molecule has 5 nitrogen and oxygen atoms in total. The molecule has 0 saturated heterocycles. The smallest absolute Gasteiger partial charge is 0.340 e. The van der Waals surface area contributed by atoms with E-state index >= 15 is 0 Å². The van der Waals surface area contributed by atoms with Gasteiger partial charge in [0.05, 0.1) is 23.5 Å². The number of hydrogen-bond donors (Lipinski definition) is 2. The van der Waals surface area contributed by atoms with E-state index in [1.165, 1.54) is 0 Å². The molecule has 0 amide bonds. The van der Waals surface area contributed by atoms with Gasteiger partial charge in [-0.05, 0) is 40.1 Å². The number of anilines is 2. The molecule has 1 rings (SSSR count). The van der Waals surface area contributed by atoms with E-state index in [2.05, 4.69) is 17.1 Å². The molecule has 19 heavy (non-hydrogen) atoms. The number of esters is 1. The molecule has 0 fully saturated rings. The Hall–Kier alpha value is -1.75. The maximum atomic E-state index is 11.7. The fourth-order valence-corrected chi connectivity index (χ4v) is 1.94. The molecule has 0 aromatic heterocycles. The summed E-state index contributed by atoms with van der Waals surface area (Å²) in [7, 11) is 4.02. The molecule has 1 atom stereocenters. The summed E-state index contributed by atoms with van der Waals surface area (Å²) in [6.07, 6.45) is 0. The highest BCUT2D eigenvalue weighted by molar-refractivity contribution is 5.98. The number of nitrogens with two attached hydrogens (primary N) is 1. The summed E-state index contributed by atoms with van der Waals surface area (Å²) < 4.78 is 4.98. The molecule has 0 radical (unpaired) electrons. The average molecular weight is 265 g/mol. The van der Waals surface area contributed by atoms with Gasteiger partial charge in [0.2, 0.25) is 0 Å². The van der Waals surface area contributed by atoms with Crippen molar-refractivity contribution in [1.82, 2.24) is 4.90 Å². The first-order valence-corrected chi connectivity index (χ1v) is 6.42. The minimum atomic E-state index is -0.385. The van der Waals surface area contributed by atoms with Gasteiger partial charge in [-0.15, -0.1) is 0 Å². The summed E-state index contributed by atoms with van der Waals surface area (Å²) in [6.45, 7) is 5.06. The van der Waals surface area contributed by atoms with Crippen molar-refractivity contribution in [2.24, 2.45) is 0 Å². The second-order valence-corrected chi connectivity index (χ2v) is 4.79. The Balaban J connectivity index is 2.85. The third-order valence-corrected chi connectivity index (χ3v) is 2.64. The van der Waals surface area contributed by atoms with E-state index in [1.807, 2.05) is 20.2 Å². The van der Waals surface area contributed by atoms with Crippen LogP contribution in [-0.4, -0.2) is 44.2 Å². The topological polar surface area (TPSA) is 67.6 Å². The molecule has 1 unspecified atom stereocenters. The molecular formula is C14H23N3O2. The number of ether oxygens (including phenoxy) is 1. The van der Waals surface area contributed by atoms with Gasteiger partial charge in [0.1, 0.15) is 0 Å². The lowest BCUT2D eigenvalue weighted by Gasteiger charge is -2.21. The van der Waals surface area contributed by atoms with E-state index in [9.17, 15) is 4.79 Å². The van der Waals surface area contributed by atoms with Crippen molar-refractivity contribution >= 4 is 17.3 Å². The number of carbonyl (C=O) groups excluding carboxylic acids is 1. The van der Waals surface area contributed by atoms with Gasteiger partial charge in [0.25, 0.3) is 0 Å². The zero-order chi connectivity index (χ0) is 14.4. The van der Waals surface area contributed by atoms with Gasteiger partial charge in [-0.2, -0.15) is 0 Å². The molecule has 0 aliphatic rings. The lowest BCUT2D eigenvalue weighted by Crippen LogP contribution is -2.30. The van der Waals surface area contributed by atoms with Crippen molar-refractivity contribution in [2.45, 2.75) is 19.9 Å². The molecule has 0 bridgehead atoms. The van der Waals surface area contributed by atoms with Crippen molar-refractivity contribution in [3.63, 3.8) is 0 Å². The minimum Gasteiger partial charge on any atom is -0.462 e. The number of rotatable bonds is 6. The third kappa shape index (κ3) is 4.44. The second-order valence-electron chi connectivity index (χ2n) is 4.79. The average Bonchev–Trinajstić information content (AvgIpc) is 2.31. The Morgan fingerprint density at radius 1 is 1.47 bits per heavy atom. The maximum absolute atomic E-state index is 11.7. The molecule has 1 aromatic rings. The highest BCUT2D eigenvalue weighted by Crippen LogP contribution is 2.24. The van der Waals surface area contributed by atoms with E-state index in [4.69, 9.17) is 10.5 Å². The number of benzene rings is 1. The molecule has 106 valence electrons. The van der Waals surface area contributed by atoms with Crippen molar-refractivity contribution in [3.05, 3.63) is 23.8 Å². The third-order valence-electron chi connectivity index (χ3n) is 2.64. The van der Waals surface area contributed by atoms with Crippen LogP contribution in [0.3, 0.4) is 0 Å². The van der Waals surface area contributed by atoms with Crippen LogP contribution in [0.5, 0.6) is 0 Å². The monoisotopic (exact) mass is 265 g/mol. The predicted octanol–water partition coefficient (Wildman–Crippen LogP) is 1.81. The van der Waals surface area contributed by atoms with Crippen LogP contribution in [0, 0.1) is 0 Å². The Bertz CT molecular complexity index is 433. The first kappa shape index (κ1) is 15.3. The largest absolute Gasteiger partial charge is 0.462 e. The maximum Gasteiger partial charge on any atom is 0.340 e. The summed E-state index contributed by atoms with van der Waals surface area (Å²) in [6, 6.07) is 5.57. The van der Waals surface area contributed by atoms with Crippen LogP contribution >= 0.6 is 0 Å². The molecular weight excluding hydrogens is 242 g/mol. The molecule has 5 heteroatoms. The summed E-state index contributed by atoms with van der Waals surface area (Å²) >= 11 is 0. The number of hydrogen-bond acceptors (Lipinski definition) is 5. The molecule has 0 aliphatic heterocycles. The second kappa shape index (κ2) is 6.99. The van der Waals surface area contributed by atoms with Crippen LogP contribution in [-0.2, 0) is 4.74 Å². The summed E-state index contributed by atoms with van der Waals surface area (Å²) in [5.41, 5.74) is 7.62. The van der Waals surface area contributed by atoms with Crippen molar-refractivity contribution in [2.75, 3.05) is 38.3 Å². The van der Waals surface area contributed by atoms with Gasteiger partial charge < -0.3 is 20.7 Å². The van der Waals surface area contributed by atoms with Crippen LogP contribution in [0.2, 0.25) is 0 Å². The van der Waals surface area contributed by atoms with Crippen LogP contribution in [0.4, 0.5) is 11.4 Å². The number of para-hydroxylation sites is 1. The Morgan fingerprint density at radius 3 is 2.74 bits per heavy atom. The Labute approximate surface area is 114 Å². The fourth-order valence-electron chi connectivity index (χ4n) is 1.94. The molecule has 3 N–H and O–H groups in total. The lowest BCUT2D eigenvalue weighted by molar-refractivity contribution is 0.0527. The van der Waals surface area contributed by atoms with E-state index in [1.54, 1.807) is 19.1 Å². The molecule has 0 aliphatic carbocycles. The highest BCUT2D eigenvalue weighted by Gasteiger charge is 2.14. The van der Waals surface area contributed by atoms with E-state index in [-0.39, 0.29) is 12.0 Å². The molecule has 0 spiro atoms. The first-order valence-electron chi connectivity index (χ1n) is 6.42. The van der Waals surface area contributed by atoms with Crippen molar-refractivity contribution in [1.29, 1.82) is 0 Å². The van der Waals surface area contributed by atoms with Crippen molar-refractivity contribution in [3.8, 4) is 0 Å². The molecule has 0 saturated carbocycles.